The molecule has 0 unspecified atom stereocenters. The van der Waals surface area contributed by atoms with Gasteiger partial charge >= 0.3 is 0 Å². The summed E-state index contributed by atoms with van der Waals surface area (Å²) in [6, 6.07) is 13.6. The normalized spacial score (nSPS) is 14.9. The molecular weight excluding hydrogens is 292 g/mol. The number of morpholine rings is 1. The zero-order chi connectivity index (χ0) is 15.5. The van der Waals surface area contributed by atoms with Gasteiger partial charge in [-0.05, 0) is 24.3 Å². The van der Waals surface area contributed by atoms with Crippen molar-refractivity contribution in [2.24, 2.45) is 0 Å². The molecule has 1 saturated heterocycles. The lowest BCUT2D eigenvalue weighted by Gasteiger charge is -2.28. The van der Waals surface area contributed by atoms with Crippen molar-refractivity contribution in [2.75, 3.05) is 31.2 Å². The Balaban J connectivity index is 1.70. The molecule has 1 aromatic carbocycles. The number of anilines is 1. The molecule has 0 radical (unpaired) electrons. The van der Waals surface area contributed by atoms with E-state index < -0.39 is 0 Å². The summed E-state index contributed by atoms with van der Waals surface area (Å²) < 4.78 is 11.3. The molecule has 0 aliphatic carbocycles. The van der Waals surface area contributed by atoms with Gasteiger partial charge in [0, 0.05) is 24.8 Å². The summed E-state index contributed by atoms with van der Waals surface area (Å²) >= 11 is 0. The first-order valence-corrected chi connectivity index (χ1v) is 7.59. The smallest absolute Gasteiger partial charge is 0.251 e. The van der Waals surface area contributed by atoms with E-state index >= 15 is 0 Å². The van der Waals surface area contributed by atoms with Crippen LogP contribution in [0, 0.1) is 0 Å². The number of pyridine rings is 1. The third-order valence-corrected chi connectivity index (χ3v) is 3.77. The Labute approximate surface area is 133 Å². The van der Waals surface area contributed by atoms with E-state index in [4.69, 9.17) is 9.15 Å². The molecule has 0 atom stereocenters. The van der Waals surface area contributed by atoms with Crippen LogP contribution in [0.3, 0.4) is 0 Å². The standard InChI is InChI=1S/C17H16N4O2/c1-2-5-13(6-3-1)16-19-20-17(23-16)14-7-4-8-18-15(14)21-9-11-22-12-10-21/h1-8H,9-12H2. The maximum Gasteiger partial charge on any atom is 0.251 e. The van der Waals surface area contributed by atoms with Gasteiger partial charge in [0.1, 0.15) is 5.82 Å². The fourth-order valence-electron chi connectivity index (χ4n) is 2.62. The Kier molecular flexibility index (Phi) is 3.73. The number of nitrogens with zero attached hydrogens (tertiary/aromatic N) is 4. The van der Waals surface area contributed by atoms with Crippen molar-refractivity contribution in [1.29, 1.82) is 0 Å². The molecule has 2 aromatic heterocycles. The molecule has 3 aromatic rings. The summed E-state index contributed by atoms with van der Waals surface area (Å²) in [6.07, 6.45) is 1.78. The summed E-state index contributed by atoms with van der Waals surface area (Å²) in [7, 11) is 0. The minimum Gasteiger partial charge on any atom is -0.416 e. The molecule has 1 fully saturated rings. The van der Waals surface area contributed by atoms with Crippen molar-refractivity contribution >= 4 is 5.82 Å². The molecule has 0 saturated carbocycles. The van der Waals surface area contributed by atoms with Crippen LogP contribution >= 0.6 is 0 Å². The molecule has 4 rings (SSSR count). The van der Waals surface area contributed by atoms with Crippen molar-refractivity contribution in [3.05, 3.63) is 48.7 Å². The fourth-order valence-corrected chi connectivity index (χ4v) is 2.62. The molecule has 1 aliphatic heterocycles. The van der Waals surface area contributed by atoms with Gasteiger partial charge in [0.15, 0.2) is 0 Å². The Hall–Kier alpha value is -2.73. The third-order valence-electron chi connectivity index (χ3n) is 3.77. The minimum atomic E-state index is 0.485. The SMILES string of the molecule is c1ccc(-c2nnc(-c3cccnc3N3CCOCC3)o2)cc1. The van der Waals surface area contributed by atoms with E-state index in [1.165, 1.54) is 0 Å². The highest BCUT2D eigenvalue weighted by molar-refractivity contribution is 5.70. The first kappa shape index (κ1) is 13.9. The van der Waals surface area contributed by atoms with Crippen molar-refractivity contribution in [2.45, 2.75) is 0 Å². The molecule has 1 aliphatic rings. The highest BCUT2D eigenvalue weighted by Crippen LogP contribution is 2.30. The van der Waals surface area contributed by atoms with Gasteiger partial charge < -0.3 is 14.1 Å². The van der Waals surface area contributed by atoms with Crippen LogP contribution in [0.2, 0.25) is 0 Å². The maximum atomic E-state index is 5.87. The second kappa shape index (κ2) is 6.18. The summed E-state index contributed by atoms with van der Waals surface area (Å²) in [5.74, 6) is 1.86. The fraction of sp³-hybridized carbons (Fsp3) is 0.235. The Morgan fingerprint density at radius 3 is 2.48 bits per heavy atom. The first-order valence-electron chi connectivity index (χ1n) is 7.59. The lowest BCUT2D eigenvalue weighted by molar-refractivity contribution is 0.122. The van der Waals surface area contributed by atoms with E-state index in [0.29, 0.717) is 25.0 Å². The van der Waals surface area contributed by atoms with Gasteiger partial charge in [-0.15, -0.1) is 10.2 Å². The summed E-state index contributed by atoms with van der Waals surface area (Å²) in [6.45, 7) is 3.03. The van der Waals surface area contributed by atoms with Gasteiger partial charge in [-0.2, -0.15) is 0 Å². The third kappa shape index (κ3) is 2.80. The van der Waals surface area contributed by atoms with E-state index in [0.717, 1.165) is 30.0 Å². The highest BCUT2D eigenvalue weighted by atomic mass is 16.5. The topological polar surface area (TPSA) is 64.3 Å². The maximum absolute atomic E-state index is 5.87. The quantitative estimate of drug-likeness (QED) is 0.741. The summed E-state index contributed by atoms with van der Waals surface area (Å²) in [5, 5.41) is 8.37. The van der Waals surface area contributed by atoms with Crippen LogP contribution < -0.4 is 4.90 Å². The summed E-state index contributed by atoms with van der Waals surface area (Å²) in [5.41, 5.74) is 1.76. The lowest BCUT2D eigenvalue weighted by Crippen LogP contribution is -2.37. The number of ether oxygens (including phenoxy) is 1. The first-order chi connectivity index (χ1) is 11.4. The Morgan fingerprint density at radius 2 is 1.65 bits per heavy atom. The van der Waals surface area contributed by atoms with Crippen molar-refractivity contribution in [3.8, 4) is 22.9 Å². The predicted molar refractivity (Wildman–Crippen MR) is 86.0 cm³/mol. The second-order valence-electron chi connectivity index (χ2n) is 5.25. The van der Waals surface area contributed by atoms with Gasteiger partial charge in [0.05, 0.1) is 18.8 Å². The van der Waals surface area contributed by atoms with Crippen LogP contribution in [-0.4, -0.2) is 41.5 Å². The Morgan fingerprint density at radius 1 is 0.870 bits per heavy atom. The number of benzene rings is 1. The van der Waals surface area contributed by atoms with Gasteiger partial charge in [-0.3, -0.25) is 0 Å². The molecule has 116 valence electrons. The number of aromatic nitrogens is 3. The van der Waals surface area contributed by atoms with Crippen LogP contribution in [0.1, 0.15) is 0 Å². The van der Waals surface area contributed by atoms with Crippen LogP contribution in [0.5, 0.6) is 0 Å². The van der Waals surface area contributed by atoms with Crippen LogP contribution in [0.25, 0.3) is 22.9 Å². The summed E-state index contributed by atoms with van der Waals surface area (Å²) in [4.78, 5) is 6.69. The lowest BCUT2D eigenvalue weighted by atomic mass is 10.2. The zero-order valence-corrected chi connectivity index (χ0v) is 12.6. The molecular formula is C17H16N4O2. The van der Waals surface area contributed by atoms with E-state index in [9.17, 15) is 0 Å². The number of hydrogen-bond acceptors (Lipinski definition) is 6. The van der Waals surface area contributed by atoms with Gasteiger partial charge in [0.25, 0.3) is 5.89 Å². The molecule has 0 bridgehead atoms. The molecule has 0 spiro atoms. The van der Waals surface area contributed by atoms with Gasteiger partial charge in [0.2, 0.25) is 5.89 Å². The minimum absolute atomic E-state index is 0.485. The van der Waals surface area contributed by atoms with E-state index in [-0.39, 0.29) is 0 Å². The Bertz CT molecular complexity index is 782. The average Bonchev–Trinajstić information content (AvgIpc) is 3.13. The molecule has 6 nitrogen and oxygen atoms in total. The average molecular weight is 308 g/mol. The van der Waals surface area contributed by atoms with E-state index in [1.807, 2.05) is 42.5 Å². The number of rotatable bonds is 3. The van der Waals surface area contributed by atoms with Gasteiger partial charge in [-0.1, -0.05) is 18.2 Å². The highest BCUT2D eigenvalue weighted by Gasteiger charge is 2.20. The zero-order valence-electron chi connectivity index (χ0n) is 12.6. The van der Waals surface area contributed by atoms with Crippen LogP contribution in [0.15, 0.2) is 53.1 Å². The molecule has 0 N–H and O–H groups in total. The van der Waals surface area contributed by atoms with Crippen LogP contribution in [-0.2, 0) is 4.74 Å². The van der Waals surface area contributed by atoms with Crippen molar-refractivity contribution < 1.29 is 9.15 Å². The number of hydrogen-bond donors (Lipinski definition) is 0. The molecule has 23 heavy (non-hydrogen) atoms. The van der Waals surface area contributed by atoms with Crippen molar-refractivity contribution in [1.82, 2.24) is 15.2 Å². The van der Waals surface area contributed by atoms with E-state index in [2.05, 4.69) is 20.1 Å². The molecule has 3 heterocycles. The van der Waals surface area contributed by atoms with E-state index in [1.54, 1.807) is 6.20 Å². The molecule has 6 heteroatoms. The monoisotopic (exact) mass is 308 g/mol. The largest absolute Gasteiger partial charge is 0.416 e. The molecule has 0 amide bonds. The predicted octanol–water partition coefficient (Wildman–Crippen LogP) is 2.64. The van der Waals surface area contributed by atoms with Gasteiger partial charge in [-0.25, -0.2) is 4.98 Å². The van der Waals surface area contributed by atoms with Crippen LogP contribution in [0.4, 0.5) is 5.82 Å². The van der Waals surface area contributed by atoms with Crippen molar-refractivity contribution in [3.63, 3.8) is 0 Å². The second-order valence-corrected chi connectivity index (χ2v) is 5.25.